The standard InChI is InChI=1S/C14H17BrN2O2/c1-8-5-9(15)6-10-12(8)16-11(17(10)4)7-14(2,3)13(18)19/h5-6H,7H2,1-4H3,(H,18,19). The van der Waals surface area contributed by atoms with Gasteiger partial charge >= 0.3 is 5.97 Å². The second-order valence-electron chi connectivity index (χ2n) is 5.54. The fraction of sp³-hybridized carbons (Fsp3) is 0.429. The van der Waals surface area contributed by atoms with E-state index in [1.165, 1.54) is 0 Å². The third-order valence-electron chi connectivity index (χ3n) is 3.41. The van der Waals surface area contributed by atoms with E-state index in [2.05, 4.69) is 20.9 Å². The third-order valence-corrected chi connectivity index (χ3v) is 3.87. The number of hydrogen-bond acceptors (Lipinski definition) is 2. The molecule has 19 heavy (non-hydrogen) atoms. The highest BCUT2D eigenvalue weighted by atomic mass is 79.9. The highest BCUT2D eigenvalue weighted by molar-refractivity contribution is 9.10. The topological polar surface area (TPSA) is 55.1 Å². The monoisotopic (exact) mass is 324 g/mol. The van der Waals surface area contributed by atoms with Crippen molar-refractivity contribution in [2.45, 2.75) is 27.2 Å². The van der Waals surface area contributed by atoms with Crippen LogP contribution in [0.2, 0.25) is 0 Å². The molecule has 0 aliphatic carbocycles. The number of hydrogen-bond donors (Lipinski definition) is 1. The van der Waals surface area contributed by atoms with Crippen molar-refractivity contribution in [3.05, 3.63) is 28.0 Å². The van der Waals surface area contributed by atoms with E-state index in [1.807, 2.05) is 30.7 Å². The molecular weight excluding hydrogens is 308 g/mol. The number of carboxylic acid groups (broad SMARTS) is 1. The number of benzene rings is 1. The average Bonchev–Trinajstić information content (AvgIpc) is 2.57. The zero-order valence-corrected chi connectivity index (χ0v) is 13.1. The van der Waals surface area contributed by atoms with Gasteiger partial charge in [-0.05, 0) is 38.5 Å². The molecule has 0 unspecified atom stereocenters. The number of imidazole rings is 1. The molecule has 0 radical (unpaired) electrons. The first-order valence-corrected chi connectivity index (χ1v) is 6.86. The van der Waals surface area contributed by atoms with Gasteiger partial charge in [0.15, 0.2) is 0 Å². The Hall–Kier alpha value is -1.36. The van der Waals surface area contributed by atoms with Crippen LogP contribution in [0, 0.1) is 12.3 Å². The van der Waals surface area contributed by atoms with Crippen molar-refractivity contribution in [1.29, 1.82) is 0 Å². The van der Waals surface area contributed by atoms with Gasteiger partial charge in [0.2, 0.25) is 0 Å². The molecule has 0 aliphatic rings. The predicted molar refractivity (Wildman–Crippen MR) is 78.3 cm³/mol. The molecule has 2 aromatic rings. The number of aliphatic carboxylic acids is 1. The quantitative estimate of drug-likeness (QED) is 0.942. The summed E-state index contributed by atoms with van der Waals surface area (Å²) in [5, 5.41) is 9.22. The van der Waals surface area contributed by atoms with Crippen LogP contribution in [0.25, 0.3) is 11.0 Å². The van der Waals surface area contributed by atoms with Crippen LogP contribution in [0.4, 0.5) is 0 Å². The smallest absolute Gasteiger partial charge is 0.309 e. The van der Waals surface area contributed by atoms with Gasteiger partial charge < -0.3 is 9.67 Å². The Morgan fingerprint density at radius 2 is 2.11 bits per heavy atom. The number of aryl methyl sites for hydroxylation is 2. The van der Waals surface area contributed by atoms with Crippen LogP contribution in [0.1, 0.15) is 25.2 Å². The summed E-state index contributed by atoms with van der Waals surface area (Å²) in [6.07, 6.45) is 0.407. The molecule has 0 atom stereocenters. The van der Waals surface area contributed by atoms with Crippen molar-refractivity contribution in [2.24, 2.45) is 12.5 Å². The van der Waals surface area contributed by atoms with Gasteiger partial charge in [0.25, 0.3) is 0 Å². The summed E-state index contributed by atoms with van der Waals surface area (Å²) in [5.74, 6) is -0.0129. The molecule has 0 spiro atoms. The minimum atomic E-state index is -0.819. The van der Waals surface area contributed by atoms with Crippen LogP contribution in [0.5, 0.6) is 0 Å². The number of carbonyl (C=O) groups is 1. The number of halogens is 1. The molecule has 0 bridgehead atoms. The maximum absolute atomic E-state index is 11.2. The molecule has 5 heteroatoms. The Balaban J connectivity index is 2.55. The molecule has 1 heterocycles. The summed E-state index contributed by atoms with van der Waals surface area (Å²) in [7, 11) is 1.93. The molecule has 0 saturated heterocycles. The summed E-state index contributed by atoms with van der Waals surface area (Å²) >= 11 is 3.48. The van der Waals surface area contributed by atoms with Gasteiger partial charge in [0.05, 0.1) is 16.4 Å². The fourth-order valence-electron chi connectivity index (χ4n) is 2.09. The molecule has 0 saturated carbocycles. The second-order valence-corrected chi connectivity index (χ2v) is 6.46. The summed E-state index contributed by atoms with van der Waals surface area (Å²) in [4.78, 5) is 15.8. The Bertz CT molecular complexity index is 659. The Labute approximate surface area is 120 Å². The average molecular weight is 325 g/mol. The lowest BCUT2D eigenvalue weighted by Gasteiger charge is -2.18. The van der Waals surface area contributed by atoms with Crippen LogP contribution < -0.4 is 0 Å². The fourth-order valence-corrected chi connectivity index (χ4v) is 2.65. The molecule has 1 aromatic heterocycles. The molecule has 102 valence electrons. The van der Waals surface area contributed by atoms with E-state index in [9.17, 15) is 9.90 Å². The van der Waals surface area contributed by atoms with Crippen LogP contribution in [-0.2, 0) is 18.3 Å². The van der Waals surface area contributed by atoms with E-state index in [-0.39, 0.29) is 0 Å². The number of aromatic nitrogens is 2. The summed E-state index contributed by atoms with van der Waals surface area (Å²) < 4.78 is 2.97. The molecule has 4 nitrogen and oxygen atoms in total. The first kappa shape index (κ1) is 14.1. The van der Waals surface area contributed by atoms with Gasteiger partial charge in [-0.3, -0.25) is 4.79 Å². The highest BCUT2D eigenvalue weighted by Crippen LogP contribution is 2.27. The lowest BCUT2D eigenvalue weighted by molar-refractivity contribution is -0.146. The predicted octanol–water partition coefficient (Wildman–Crippen LogP) is 3.30. The van der Waals surface area contributed by atoms with E-state index in [0.29, 0.717) is 6.42 Å². The summed E-state index contributed by atoms with van der Waals surface area (Å²) in [6, 6.07) is 4.02. The van der Waals surface area contributed by atoms with E-state index in [0.717, 1.165) is 26.9 Å². The maximum Gasteiger partial charge on any atom is 0.309 e. The maximum atomic E-state index is 11.2. The third kappa shape index (κ3) is 2.52. The van der Waals surface area contributed by atoms with Crippen molar-refractivity contribution < 1.29 is 9.90 Å². The van der Waals surface area contributed by atoms with Crippen LogP contribution >= 0.6 is 15.9 Å². The van der Waals surface area contributed by atoms with E-state index < -0.39 is 11.4 Å². The molecule has 0 amide bonds. The SMILES string of the molecule is Cc1cc(Br)cc2c1nc(CC(C)(C)C(=O)O)n2C. The normalized spacial score (nSPS) is 12.1. The molecular formula is C14H17BrN2O2. The minimum Gasteiger partial charge on any atom is -0.481 e. The molecule has 2 rings (SSSR count). The highest BCUT2D eigenvalue weighted by Gasteiger charge is 2.29. The number of nitrogens with zero attached hydrogens (tertiary/aromatic N) is 2. The molecule has 1 aromatic carbocycles. The van der Waals surface area contributed by atoms with E-state index in [4.69, 9.17) is 0 Å². The first-order chi connectivity index (χ1) is 8.72. The largest absolute Gasteiger partial charge is 0.481 e. The van der Waals surface area contributed by atoms with E-state index >= 15 is 0 Å². The van der Waals surface area contributed by atoms with Gasteiger partial charge in [0.1, 0.15) is 5.82 Å². The van der Waals surface area contributed by atoms with Crippen LogP contribution in [0.3, 0.4) is 0 Å². The van der Waals surface area contributed by atoms with Crippen molar-refractivity contribution in [1.82, 2.24) is 9.55 Å². The number of fused-ring (bicyclic) bond motifs is 1. The van der Waals surface area contributed by atoms with Gasteiger partial charge in [-0.1, -0.05) is 15.9 Å². The van der Waals surface area contributed by atoms with Crippen LogP contribution in [-0.4, -0.2) is 20.6 Å². The Morgan fingerprint density at radius 3 is 2.68 bits per heavy atom. The van der Waals surface area contributed by atoms with Crippen LogP contribution in [0.15, 0.2) is 16.6 Å². The molecule has 0 fully saturated rings. The summed E-state index contributed by atoms with van der Waals surface area (Å²) in [6.45, 7) is 5.45. The van der Waals surface area contributed by atoms with Crippen molar-refractivity contribution >= 4 is 32.9 Å². The van der Waals surface area contributed by atoms with Crippen molar-refractivity contribution in [3.8, 4) is 0 Å². The van der Waals surface area contributed by atoms with Crippen molar-refractivity contribution in [3.63, 3.8) is 0 Å². The molecule has 1 N–H and O–H groups in total. The lowest BCUT2D eigenvalue weighted by atomic mass is 9.89. The second kappa shape index (κ2) is 4.63. The van der Waals surface area contributed by atoms with Gasteiger partial charge in [-0.2, -0.15) is 0 Å². The Kier molecular flexibility index (Phi) is 3.43. The number of rotatable bonds is 3. The number of carboxylic acids is 1. The van der Waals surface area contributed by atoms with Gasteiger partial charge in [-0.15, -0.1) is 0 Å². The lowest BCUT2D eigenvalue weighted by Crippen LogP contribution is -2.27. The van der Waals surface area contributed by atoms with Crippen molar-refractivity contribution in [2.75, 3.05) is 0 Å². The first-order valence-electron chi connectivity index (χ1n) is 6.07. The van der Waals surface area contributed by atoms with Gasteiger partial charge in [0, 0.05) is 17.9 Å². The zero-order chi connectivity index (χ0) is 14.4. The Morgan fingerprint density at radius 1 is 1.47 bits per heavy atom. The summed E-state index contributed by atoms with van der Waals surface area (Å²) in [5.41, 5.74) is 2.21. The zero-order valence-electron chi connectivity index (χ0n) is 11.5. The minimum absolute atomic E-state index is 0.407. The van der Waals surface area contributed by atoms with Gasteiger partial charge in [-0.25, -0.2) is 4.98 Å². The molecule has 0 aliphatic heterocycles. The van der Waals surface area contributed by atoms with E-state index in [1.54, 1.807) is 13.8 Å².